The van der Waals surface area contributed by atoms with E-state index in [4.69, 9.17) is 0 Å². The molecule has 1 N–H and O–H groups in total. The Bertz CT molecular complexity index is 858. The Kier molecular flexibility index (Phi) is 5.23. The molecule has 0 aliphatic rings. The number of carbonyl (C=O) groups excluding carboxylic acids is 1. The number of hydrogen-bond donors (Lipinski definition) is 1. The van der Waals surface area contributed by atoms with Crippen molar-refractivity contribution in [2.24, 2.45) is 0 Å². The summed E-state index contributed by atoms with van der Waals surface area (Å²) in [5, 5.41) is 2.87. The topological polar surface area (TPSA) is 46.9 Å². The van der Waals surface area contributed by atoms with Crippen molar-refractivity contribution in [3.05, 3.63) is 78.1 Å². The SMILES string of the molecule is CCCn1cc(-c2ccncc2)cc1C(=O)NCc1cccc(F)c1. The molecular formula is C20H20FN3O. The molecule has 5 heteroatoms. The minimum atomic E-state index is -0.305. The fraction of sp³-hybridized carbons (Fsp3) is 0.200. The fourth-order valence-electron chi connectivity index (χ4n) is 2.75. The fourth-order valence-corrected chi connectivity index (χ4v) is 2.75. The predicted molar refractivity (Wildman–Crippen MR) is 95.5 cm³/mol. The molecule has 0 spiro atoms. The van der Waals surface area contributed by atoms with Crippen LogP contribution in [0.4, 0.5) is 4.39 Å². The van der Waals surface area contributed by atoms with Crippen LogP contribution in [0.3, 0.4) is 0 Å². The van der Waals surface area contributed by atoms with Crippen molar-refractivity contribution >= 4 is 5.91 Å². The van der Waals surface area contributed by atoms with Crippen molar-refractivity contribution in [3.63, 3.8) is 0 Å². The van der Waals surface area contributed by atoms with Crippen molar-refractivity contribution < 1.29 is 9.18 Å². The Labute approximate surface area is 146 Å². The number of aromatic nitrogens is 2. The van der Waals surface area contributed by atoms with Gasteiger partial charge in [0.15, 0.2) is 0 Å². The minimum Gasteiger partial charge on any atom is -0.347 e. The van der Waals surface area contributed by atoms with Gasteiger partial charge in [0.05, 0.1) is 0 Å². The average Bonchev–Trinajstić information content (AvgIpc) is 3.05. The van der Waals surface area contributed by atoms with Gasteiger partial charge in [0.2, 0.25) is 0 Å². The third-order valence-corrected chi connectivity index (χ3v) is 3.95. The number of carbonyl (C=O) groups is 1. The molecule has 0 saturated heterocycles. The van der Waals surface area contributed by atoms with Gasteiger partial charge in [0.25, 0.3) is 5.91 Å². The number of nitrogens with zero attached hydrogens (tertiary/aromatic N) is 2. The van der Waals surface area contributed by atoms with Crippen LogP contribution in [0.2, 0.25) is 0 Å². The lowest BCUT2D eigenvalue weighted by molar-refractivity contribution is 0.0941. The van der Waals surface area contributed by atoms with Gasteiger partial charge in [-0.05, 0) is 47.9 Å². The molecule has 0 unspecified atom stereocenters. The van der Waals surface area contributed by atoms with E-state index in [1.54, 1.807) is 24.5 Å². The lowest BCUT2D eigenvalue weighted by Crippen LogP contribution is -2.25. The molecule has 2 heterocycles. The van der Waals surface area contributed by atoms with Gasteiger partial charge in [0.1, 0.15) is 11.5 Å². The molecule has 1 amide bonds. The summed E-state index contributed by atoms with van der Waals surface area (Å²) in [6, 6.07) is 12.0. The molecule has 3 aromatic rings. The maximum absolute atomic E-state index is 13.2. The van der Waals surface area contributed by atoms with Gasteiger partial charge < -0.3 is 9.88 Å². The van der Waals surface area contributed by atoms with E-state index in [1.165, 1.54) is 12.1 Å². The highest BCUT2D eigenvalue weighted by Gasteiger charge is 2.14. The van der Waals surface area contributed by atoms with E-state index in [9.17, 15) is 9.18 Å². The number of halogens is 1. The molecule has 0 aliphatic heterocycles. The summed E-state index contributed by atoms with van der Waals surface area (Å²) in [6.45, 7) is 3.12. The average molecular weight is 337 g/mol. The summed E-state index contributed by atoms with van der Waals surface area (Å²) in [6.07, 6.45) is 6.37. The van der Waals surface area contributed by atoms with Crippen LogP contribution in [-0.2, 0) is 13.1 Å². The zero-order valence-electron chi connectivity index (χ0n) is 14.1. The Hall–Kier alpha value is -2.95. The van der Waals surface area contributed by atoms with E-state index in [0.29, 0.717) is 12.2 Å². The van der Waals surface area contributed by atoms with Crippen LogP contribution in [0, 0.1) is 5.82 Å². The maximum atomic E-state index is 13.2. The van der Waals surface area contributed by atoms with Crippen molar-refractivity contribution in [2.45, 2.75) is 26.4 Å². The molecule has 0 saturated carbocycles. The first-order chi connectivity index (χ1) is 12.2. The van der Waals surface area contributed by atoms with Crippen LogP contribution in [0.5, 0.6) is 0 Å². The van der Waals surface area contributed by atoms with E-state index in [-0.39, 0.29) is 11.7 Å². The van der Waals surface area contributed by atoms with Crippen molar-refractivity contribution in [3.8, 4) is 11.1 Å². The highest BCUT2D eigenvalue weighted by Crippen LogP contribution is 2.22. The molecule has 0 fully saturated rings. The van der Waals surface area contributed by atoms with Crippen LogP contribution >= 0.6 is 0 Å². The maximum Gasteiger partial charge on any atom is 0.268 e. The predicted octanol–water partition coefficient (Wildman–Crippen LogP) is 4.03. The summed E-state index contributed by atoms with van der Waals surface area (Å²) < 4.78 is 15.2. The highest BCUT2D eigenvalue weighted by molar-refractivity contribution is 5.94. The number of rotatable bonds is 6. The van der Waals surface area contributed by atoms with Gasteiger partial charge in [-0.25, -0.2) is 4.39 Å². The van der Waals surface area contributed by atoms with E-state index in [1.807, 2.05) is 29.0 Å². The molecule has 2 aromatic heterocycles. The monoisotopic (exact) mass is 337 g/mol. The standard InChI is InChI=1S/C20H20FN3O/c1-2-10-24-14-17(16-6-8-22-9-7-16)12-19(24)20(25)23-13-15-4-3-5-18(21)11-15/h3-9,11-12,14H,2,10,13H2,1H3,(H,23,25). The van der Waals surface area contributed by atoms with Gasteiger partial charge in [-0.1, -0.05) is 19.1 Å². The number of benzene rings is 1. The first kappa shape index (κ1) is 16.9. The molecule has 128 valence electrons. The van der Waals surface area contributed by atoms with Gasteiger partial charge in [-0.3, -0.25) is 9.78 Å². The first-order valence-electron chi connectivity index (χ1n) is 8.30. The summed E-state index contributed by atoms with van der Waals surface area (Å²) in [4.78, 5) is 16.6. The number of nitrogens with one attached hydrogen (secondary N) is 1. The lowest BCUT2D eigenvalue weighted by Gasteiger charge is -2.09. The van der Waals surface area contributed by atoms with Crippen LogP contribution in [-0.4, -0.2) is 15.5 Å². The van der Waals surface area contributed by atoms with Crippen molar-refractivity contribution in [1.82, 2.24) is 14.9 Å². The Morgan fingerprint density at radius 1 is 1.16 bits per heavy atom. The third-order valence-electron chi connectivity index (χ3n) is 3.95. The molecule has 1 aromatic carbocycles. The van der Waals surface area contributed by atoms with Gasteiger partial charge in [0, 0.05) is 37.2 Å². The largest absolute Gasteiger partial charge is 0.347 e. The van der Waals surface area contributed by atoms with Gasteiger partial charge >= 0.3 is 0 Å². The molecular weight excluding hydrogens is 317 g/mol. The van der Waals surface area contributed by atoms with Crippen LogP contribution in [0.1, 0.15) is 29.4 Å². The quantitative estimate of drug-likeness (QED) is 0.738. The second kappa shape index (κ2) is 7.75. The lowest BCUT2D eigenvalue weighted by atomic mass is 10.1. The number of amides is 1. The molecule has 0 bridgehead atoms. The molecule has 3 rings (SSSR count). The Morgan fingerprint density at radius 2 is 1.96 bits per heavy atom. The molecule has 0 aliphatic carbocycles. The second-order valence-corrected chi connectivity index (χ2v) is 5.86. The number of aryl methyl sites for hydroxylation is 1. The van der Waals surface area contributed by atoms with Crippen LogP contribution in [0.25, 0.3) is 11.1 Å². The summed E-state index contributed by atoms with van der Waals surface area (Å²) in [5.74, 6) is -0.473. The van der Waals surface area contributed by atoms with Crippen molar-refractivity contribution in [2.75, 3.05) is 0 Å². The zero-order chi connectivity index (χ0) is 17.6. The minimum absolute atomic E-state index is 0.169. The summed E-state index contributed by atoms with van der Waals surface area (Å²) in [7, 11) is 0. The number of hydrogen-bond acceptors (Lipinski definition) is 2. The normalized spacial score (nSPS) is 10.6. The van der Waals surface area contributed by atoms with E-state index >= 15 is 0 Å². The Morgan fingerprint density at radius 3 is 2.68 bits per heavy atom. The molecule has 0 radical (unpaired) electrons. The first-order valence-corrected chi connectivity index (χ1v) is 8.30. The smallest absolute Gasteiger partial charge is 0.268 e. The van der Waals surface area contributed by atoms with Gasteiger partial charge in [-0.15, -0.1) is 0 Å². The second-order valence-electron chi connectivity index (χ2n) is 5.86. The molecule has 0 atom stereocenters. The zero-order valence-corrected chi connectivity index (χ0v) is 14.1. The van der Waals surface area contributed by atoms with E-state index in [2.05, 4.69) is 17.2 Å². The summed E-state index contributed by atoms with van der Waals surface area (Å²) >= 11 is 0. The van der Waals surface area contributed by atoms with Crippen LogP contribution in [0.15, 0.2) is 61.1 Å². The van der Waals surface area contributed by atoms with Crippen LogP contribution < -0.4 is 5.32 Å². The number of pyridine rings is 1. The summed E-state index contributed by atoms with van der Waals surface area (Å²) in [5.41, 5.74) is 3.33. The third kappa shape index (κ3) is 4.12. The Balaban J connectivity index is 1.80. The van der Waals surface area contributed by atoms with Gasteiger partial charge in [-0.2, -0.15) is 0 Å². The molecule has 25 heavy (non-hydrogen) atoms. The van der Waals surface area contributed by atoms with E-state index < -0.39 is 0 Å². The van der Waals surface area contributed by atoms with E-state index in [0.717, 1.165) is 29.7 Å². The highest BCUT2D eigenvalue weighted by atomic mass is 19.1. The van der Waals surface area contributed by atoms with Crippen molar-refractivity contribution in [1.29, 1.82) is 0 Å². The molecule has 4 nitrogen and oxygen atoms in total.